The Morgan fingerprint density at radius 1 is 1.53 bits per heavy atom. The van der Waals surface area contributed by atoms with Gasteiger partial charge < -0.3 is 5.11 Å². The van der Waals surface area contributed by atoms with E-state index < -0.39 is 21.7 Å². The van der Waals surface area contributed by atoms with Crippen LogP contribution in [0.25, 0.3) is 0 Å². The summed E-state index contributed by atoms with van der Waals surface area (Å²) in [5.41, 5.74) is 0.834. The highest BCUT2D eigenvalue weighted by Crippen LogP contribution is 2.24. The van der Waals surface area contributed by atoms with Gasteiger partial charge in [0.1, 0.15) is 0 Å². The minimum atomic E-state index is -3.74. The molecule has 8 heteroatoms. The van der Waals surface area contributed by atoms with E-state index in [-0.39, 0.29) is 4.21 Å². The van der Waals surface area contributed by atoms with Crippen LogP contribution in [0.2, 0.25) is 0 Å². The Morgan fingerprint density at radius 3 is 2.65 bits per heavy atom. The van der Waals surface area contributed by atoms with Crippen LogP contribution in [-0.2, 0) is 10.0 Å². The van der Waals surface area contributed by atoms with Crippen molar-refractivity contribution in [2.24, 2.45) is 0 Å². The Kier molecular flexibility index (Phi) is 4.61. The molecule has 0 amide bonds. The summed E-state index contributed by atoms with van der Waals surface area (Å²) in [7, 11) is -3.74. The van der Waals surface area contributed by atoms with Crippen molar-refractivity contribution in [1.82, 2.24) is 9.29 Å². The van der Waals surface area contributed by atoms with Crippen LogP contribution in [0.4, 0.5) is 0 Å². The van der Waals surface area contributed by atoms with Crippen LogP contribution < -0.4 is 0 Å². The third-order valence-corrected chi connectivity index (χ3v) is 5.46. The number of aromatic carboxylic acids is 1. The van der Waals surface area contributed by atoms with Crippen LogP contribution in [0.3, 0.4) is 0 Å². The third kappa shape index (κ3) is 2.82. The van der Waals surface area contributed by atoms with Crippen LogP contribution in [0, 0.1) is 0 Å². The summed E-state index contributed by atoms with van der Waals surface area (Å²) >= 11 is 0.833. The van der Waals surface area contributed by atoms with E-state index in [0.29, 0.717) is 19.5 Å². The predicted molar refractivity (Wildman–Crippen MR) is 63.8 cm³/mol. The van der Waals surface area contributed by atoms with Gasteiger partial charge in [0.2, 0.25) is 0 Å². The van der Waals surface area contributed by atoms with E-state index in [1.807, 2.05) is 6.92 Å². The zero-order valence-electron chi connectivity index (χ0n) is 9.58. The molecule has 1 N–H and O–H groups in total. The molecule has 1 aromatic heterocycles. The van der Waals surface area contributed by atoms with Gasteiger partial charge in [0.05, 0.1) is 5.51 Å². The van der Waals surface area contributed by atoms with Crippen molar-refractivity contribution in [2.75, 3.05) is 13.1 Å². The van der Waals surface area contributed by atoms with E-state index in [1.165, 1.54) is 9.82 Å². The maximum Gasteiger partial charge on any atom is 0.356 e. The van der Waals surface area contributed by atoms with E-state index in [0.717, 1.165) is 11.3 Å². The summed E-state index contributed by atoms with van der Waals surface area (Å²) in [4.78, 5) is 14.4. The van der Waals surface area contributed by atoms with Crippen LogP contribution in [0.15, 0.2) is 9.72 Å². The van der Waals surface area contributed by atoms with Crippen LogP contribution >= 0.6 is 11.3 Å². The lowest BCUT2D eigenvalue weighted by Gasteiger charge is -2.18. The third-order valence-electron chi connectivity index (χ3n) is 2.14. The maximum absolute atomic E-state index is 12.2. The lowest BCUT2D eigenvalue weighted by Crippen LogP contribution is -2.32. The number of carbonyl (C=O) groups is 1. The normalized spacial score (nSPS) is 11.9. The first-order chi connectivity index (χ1) is 7.95. The van der Waals surface area contributed by atoms with Crippen LogP contribution in [0.1, 0.15) is 30.8 Å². The first-order valence-corrected chi connectivity index (χ1v) is 7.44. The largest absolute Gasteiger partial charge is 0.476 e. The lowest BCUT2D eigenvalue weighted by atomic mass is 10.5. The number of rotatable bonds is 6. The summed E-state index contributed by atoms with van der Waals surface area (Å²) in [5.74, 6) is -1.32. The highest BCUT2D eigenvalue weighted by atomic mass is 32.2. The second kappa shape index (κ2) is 5.56. The van der Waals surface area contributed by atoms with Gasteiger partial charge in [0, 0.05) is 13.1 Å². The van der Waals surface area contributed by atoms with Crippen molar-refractivity contribution in [3.8, 4) is 0 Å². The summed E-state index contributed by atoms with van der Waals surface area (Å²) < 4.78 is 25.4. The van der Waals surface area contributed by atoms with Gasteiger partial charge in [0.15, 0.2) is 9.90 Å². The first-order valence-electron chi connectivity index (χ1n) is 5.12. The van der Waals surface area contributed by atoms with Gasteiger partial charge >= 0.3 is 5.97 Å². The molecule has 0 atom stereocenters. The predicted octanol–water partition coefficient (Wildman–Crippen LogP) is 1.26. The SMILES string of the molecule is CCCN(CC)S(=O)(=O)c1scnc1C(=O)O. The molecule has 0 spiro atoms. The summed E-state index contributed by atoms with van der Waals surface area (Å²) in [6.07, 6.45) is 0.675. The number of aromatic nitrogens is 1. The second-order valence-electron chi connectivity index (χ2n) is 3.29. The second-order valence-corrected chi connectivity index (χ2v) is 6.28. The molecule has 0 fully saturated rings. The molecule has 0 aliphatic rings. The zero-order chi connectivity index (χ0) is 13.1. The molecule has 1 aromatic rings. The van der Waals surface area contributed by atoms with Gasteiger partial charge in [-0.1, -0.05) is 13.8 Å². The van der Waals surface area contributed by atoms with E-state index in [2.05, 4.69) is 4.98 Å². The number of carboxylic acid groups (broad SMARTS) is 1. The van der Waals surface area contributed by atoms with Gasteiger partial charge in [-0.3, -0.25) is 0 Å². The number of hydrogen-bond donors (Lipinski definition) is 1. The van der Waals surface area contributed by atoms with Gasteiger partial charge in [-0.2, -0.15) is 4.31 Å². The van der Waals surface area contributed by atoms with E-state index in [1.54, 1.807) is 6.92 Å². The van der Waals surface area contributed by atoms with Gasteiger partial charge in [-0.25, -0.2) is 18.2 Å². The Bertz CT molecular complexity index is 495. The van der Waals surface area contributed by atoms with Crippen molar-refractivity contribution in [3.05, 3.63) is 11.2 Å². The Morgan fingerprint density at radius 2 is 2.18 bits per heavy atom. The van der Waals surface area contributed by atoms with Crippen molar-refractivity contribution < 1.29 is 18.3 Å². The highest BCUT2D eigenvalue weighted by molar-refractivity contribution is 7.91. The number of thiazole rings is 1. The summed E-state index contributed by atoms with van der Waals surface area (Å²) in [6.45, 7) is 4.26. The quantitative estimate of drug-likeness (QED) is 0.846. The zero-order valence-corrected chi connectivity index (χ0v) is 11.2. The van der Waals surface area contributed by atoms with Crippen molar-refractivity contribution >= 4 is 27.3 Å². The van der Waals surface area contributed by atoms with Crippen molar-refractivity contribution in [3.63, 3.8) is 0 Å². The highest BCUT2D eigenvalue weighted by Gasteiger charge is 2.30. The van der Waals surface area contributed by atoms with Crippen molar-refractivity contribution in [2.45, 2.75) is 24.5 Å². The van der Waals surface area contributed by atoms with E-state index in [4.69, 9.17) is 5.11 Å². The topological polar surface area (TPSA) is 87.6 Å². The van der Waals surface area contributed by atoms with Crippen LogP contribution in [0.5, 0.6) is 0 Å². The molecule has 1 rings (SSSR count). The minimum absolute atomic E-state index is 0.194. The number of nitrogens with zero attached hydrogens (tertiary/aromatic N) is 2. The van der Waals surface area contributed by atoms with Gasteiger partial charge in [-0.15, -0.1) is 11.3 Å². The smallest absolute Gasteiger partial charge is 0.356 e. The molecule has 96 valence electrons. The van der Waals surface area contributed by atoms with Gasteiger partial charge in [0.25, 0.3) is 10.0 Å². The number of carboxylic acids is 1. The molecule has 0 aliphatic carbocycles. The molecule has 0 unspecified atom stereocenters. The molecule has 0 bridgehead atoms. The number of sulfonamides is 1. The summed E-state index contributed by atoms with van der Waals surface area (Å²) in [6, 6.07) is 0. The Labute approximate surface area is 104 Å². The van der Waals surface area contributed by atoms with Crippen molar-refractivity contribution in [1.29, 1.82) is 0 Å². The molecular formula is C9H14N2O4S2. The average molecular weight is 278 g/mol. The molecule has 6 nitrogen and oxygen atoms in total. The average Bonchev–Trinajstić information content (AvgIpc) is 2.74. The Balaban J connectivity index is 3.20. The molecular weight excluding hydrogens is 264 g/mol. The lowest BCUT2D eigenvalue weighted by molar-refractivity contribution is 0.0687. The van der Waals surface area contributed by atoms with E-state index >= 15 is 0 Å². The Hall–Kier alpha value is -0.990. The van der Waals surface area contributed by atoms with Crippen LogP contribution in [-0.4, -0.2) is 41.9 Å². The summed E-state index contributed by atoms with van der Waals surface area (Å²) in [5, 5.41) is 8.86. The molecule has 0 saturated heterocycles. The molecule has 0 saturated carbocycles. The standard InChI is InChI=1S/C9H14N2O4S2/c1-3-5-11(4-2)17(14,15)9-7(8(12)13)10-6-16-9/h6H,3-5H2,1-2H3,(H,12,13). The monoisotopic (exact) mass is 278 g/mol. The fourth-order valence-electron chi connectivity index (χ4n) is 1.38. The van der Waals surface area contributed by atoms with E-state index in [9.17, 15) is 13.2 Å². The molecule has 1 heterocycles. The maximum atomic E-state index is 12.2. The molecule has 0 radical (unpaired) electrons. The molecule has 17 heavy (non-hydrogen) atoms. The fourth-order valence-corrected chi connectivity index (χ4v) is 4.19. The number of hydrogen-bond acceptors (Lipinski definition) is 5. The first kappa shape index (κ1) is 14.1. The fraction of sp³-hybridized carbons (Fsp3) is 0.556. The molecule has 0 aliphatic heterocycles. The minimum Gasteiger partial charge on any atom is -0.476 e. The molecule has 0 aromatic carbocycles. The van der Waals surface area contributed by atoms with Gasteiger partial charge in [-0.05, 0) is 6.42 Å².